The first-order chi connectivity index (χ1) is 13.9. The molecule has 7 nitrogen and oxygen atoms in total. The van der Waals surface area contributed by atoms with Gasteiger partial charge < -0.3 is 15.4 Å². The Morgan fingerprint density at radius 2 is 1.59 bits per heavy atom. The summed E-state index contributed by atoms with van der Waals surface area (Å²) in [5, 5.41) is 5.80. The third-order valence-electron chi connectivity index (χ3n) is 3.82. The number of halogens is 1. The zero-order chi connectivity index (χ0) is 20.8. The zero-order valence-corrected chi connectivity index (χ0v) is 16.7. The van der Waals surface area contributed by atoms with E-state index in [-0.39, 0.29) is 24.4 Å². The summed E-state index contributed by atoms with van der Waals surface area (Å²) in [6, 6.07) is 15.3. The van der Waals surface area contributed by atoms with E-state index in [0.29, 0.717) is 22.0 Å². The van der Waals surface area contributed by atoms with E-state index in [2.05, 4.69) is 20.6 Å². The van der Waals surface area contributed by atoms with Crippen LogP contribution in [0.4, 0.5) is 5.69 Å². The monoisotopic (exact) mass is 410 g/mol. The first kappa shape index (κ1) is 20.3. The summed E-state index contributed by atoms with van der Waals surface area (Å²) in [6.07, 6.45) is 0. The van der Waals surface area contributed by atoms with Crippen LogP contribution >= 0.6 is 11.6 Å². The van der Waals surface area contributed by atoms with Crippen LogP contribution in [0.25, 0.3) is 0 Å². The van der Waals surface area contributed by atoms with Crippen molar-refractivity contribution in [2.45, 2.75) is 13.8 Å². The van der Waals surface area contributed by atoms with Crippen molar-refractivity contribution in [3.8, 4) is 11.8 Å². The number of hydrogen-bond acceptors (Lipinski definition) is 5. The smallest absolute Gasteiger partial charge is 0.322 e. The summed E-state index contributed by atoms with van der Waals surface area (Å²) < 4.78 is 5.63. The van der Waals surface area contributed by atoms with Gasteiger partial charge in [0, 0.05) is 27.7 Å². The molecule has 3 rings (SSSR count). The van der Waals surface area contributed by atoms with E-state index in [4.69, 9.17) is 16.3 Å². The average Bonchev–Trinajstić information content (AvgIpc) is 2.67. The number of hydrogen-bond donors (Lipinski definition) is 2. The lowest BCUT2D eigenvalue weighted by Crippen LogP contribution is -2.32. The molecule has 0 radical (unpaired) electrons. The van der Waals surface area contributed by atoms with Crippen LogP contribution in [0.15, 0.2) is 54.6 Å². The Balaban J connectivity index is 1.51. The first-order valence-corrected chi connectivity index (χ1v) is 9.21. The minimum absolute atomic E-state index is 0.157. The summed E-state index contributed by atoms with van der Waals surface area (Å²) in [5.41, 5.74) is 2.64. The summed E-state index contributed by atoms with van der Waals surface area (Å²) in [4.78, 5) is 32.5. The molecule has 0 saturated heterocycles. The van der Waals surface area contributed by atoms with Crippen LogP contribution in [-0.2, 0) is 4.79 Å². The fraction of sp³-hybridized carbons (Fsp3) is 0.143. The van der Waals surface area contributed by atoms with Gasteiger partial charge in [-0.2, -0.15) is 0 Å². The molecule has 2 aromatic carbocycles. The summed E-state index contributed by atoms with van der Waals surface area (Å²) >= 11 is 5.79. The normalized spacial score (nSPS) is 10.3. The molecule has 0 fully saturated rings. The Bertz CT molecular complexity index is 1000. The number of aryl methyl sites for hydroxylation is 2. The molecule has 0 aliphatic rings. The second kappa shape index (κ2) is 9.16. The van der Waals surface area contributed by atoms with Crippen molar-refractivity contribution < 1.29 is 14.3 Å². The van der Waals surface area contributed by atoms with Gasteiger partial charge in [-0.1, -0.05) is 11.6 Å². The van der Waals surface area contributed by atoms with Gasteiger partial charge in [0.15, 0.2) is 0 Å². The van der Waals surface area contributed by atoms with Crippen LogP contribution in [0.3, 0.4) is 0 Å². The predicted molar refractivity (Wildman–Crippen MR) is 110 cm³/mol. The largest absolute Gasteiger partial charge is 0.424 e. The maximum atomic E-state index is 12.1. The molecular formula is C21H19ClN4O3. The van der Waals surface area contributed by atoms with E-state index in [1.807, 2.05) is 19.9 Å². The van der Waals surface area contributed by atoms with Crippen molar-refractivity contribution >= 4 is 29.1 Å². The lowest BCUT2D eigenvalue weighted by Gasteiger charge is -2.09. The van der Waals surface area contributed by atoms with Crippen molar-refractivity contribution in [2.24, 2.45) is 0 Å². The van der Waals surface area contributed by atoms with Crippen molar-refractivity contribution in [3.05, 3.63) is 76.6 Å². The summed E-state index contributed by atoms with van der Waals surface area (Å²) in [6.45, 7) is 3.58. The van der Waals surface area contributed by atoms with Gasteiger partial charge in [-0.15, -0.1) is 0 Å². The third-order valence-corrected chi connectivity index (χ3v) is 4.08. The molecule has 2 N–H and O–H groups in total. The van der Waals surface area contributed by atoms with Gasteiger partial charge in [0.05, 0.1) is 6.54 Å². The molecule has 3 aromatic rings. The minimum Gasteiger partial charge on any atom is -0.424 e. The van der Waals surface area contributed by atoms with E-state index >= 15 is 0 Å². The molecule has 0 spiro atoms. The topological polar surface area (TPSA) is 93.2 Å². The van der Waals surface area contributed by atoms with Crippen LogP contribution in [0.1, 0.15) is 21.7 Å². The molecule has 0 atom stereocenters. The molecule has 0 aliphatic carbocycles. The van der Waals surface area contributed by atoms with Crippen LogP contribution in [-0.4, -0.2) is 28.3 Å². The molecule has 0 unspecified atom stereocenters. The van der Waals surface area contributed by atoms with E-state index < -0.39 is 0 Å². The van der Waals surface area contributed by atoms with Gasteiger partial charge in [-0.05, 0) is 68.4 Å². The van der Waals surface area contributed by atoms with Crippen LogP contribution in [0, 0.1) is 13.8 Å². The van der Waals surface area contributed by atoms with Gasteiger partial charge in [0.1, 0.15) is 5.75 Å². The number of anilines is 1. The molecule has 8 heteroatoms. The Morgan fingerprint density at radius 1 is 0.966 bits per heavy atom. The minimum atomic E-state index is -0.353. The molecule has 0 saturated carbocycles. The number of nitrogens with one attached hydrogen (secondary N) is 2. The predicted octanol–water partition coefficient (Wildman–Crippen LogP) is 3.91. The number of ether oxygens (including phenoxy) is 1. The molecule has 148 valence electrons. The Morgan fingerprint density at radius 3 is 2.21 bits per heavy atom. The number of amides is 2. The number of aromatic nitrogens is 2. The van der Waals surface area contributed by atoms with Gasteiger partial charge in [-0.3, -0.25) is 9.59 Å². The molecule has 1 aromatic heterocycles. The number of rotatable bonds is 6. The van der Waals surface area contributed by atoms with Gasteiger partial charge in [-0.25, -0.2) is 9.97 Å². The molecule has 29 heavy (non-hydrogen) atoms. The first-order valence-electron chi connectivity index (χ1n) is 8.83. The maximum absolute atomic E-state index is 12.1. The highest BCUT2D eigenvalue weighted by molar-refractivity contribution is 6.30. The lowest BCUT2D eigenvalue weighted by molar-refractivity contribution is -0.115. The molecule has 0 bridgehead atoms. The number of carbonyl (C=O) groups is 2. The fourth-order valence-electron chi connectivity index (χ4n) is 2.52. The van der Waals surface area contributed by atoms with E-state index in [0.717, 1.165) is 11.4 Å². The number of carbonyl (C=O) groups excluding carboxylic acids is 2. The number of benzene rings is 2. The SMILES string of the molecule is Cc1cc(C)nc(Oc2ccc(NC(=O)CNC(=O)c3ccc(Cl)cc3)cc2)n1. The fourth-order valence-corrected chi connectivity index (χ4v) is 2.65. The summed E-state index contributed by atoms with van der Waals surface area (Å²) in [7, 11) is 0. The Kier molecular flexibility index (Phi) is 6.41. The highest BCUT2D eigenvalue weighted by atomic mass is 35.5. The quantitative estimate of drug-likeness (QED) is 0.642. The highest BCUT2D eigenvalue weighted by Crippen LogP contribution is 2.20. The summed E-state index contributed by atoms with van der Waals surface area (Å²) in [5.74, 6) is -0.156. The van der Waals surface area contributed by atoms with Gasteiger partial charge >= 0.3 is 6.01 Å². The average molecular weight is 411 g/mol. The number of nitrogens with zero attached hydrogens (tertiary/aromatic N) is 2. The second-order valence-electron chi connectivity index (χ2n) is 6.30. The van der Waals surface area contributed by atoms with E-state index in [9.17, 15) is 9.59 Å². The van der Waals surface area contributed by atoms with Crippen LogP contribution < -0.4 is 15.4 Å². The zero-order valence-electron chi connectivity index (χ0n) is 15.9. The van der Waals surface area contributed by atoms with Crippen molar-refractivity contribution in [3.63, 3.8) is 0 Å². The van der Waals surface area contributed by atoms with Gasteiger partial charge in [0.2, 0.25) is 5.91 Å². The maximum Gasteiger partial charge on any atom is 0.322 e. The standard InChI is InChI=1S/C21H19ClN4O3/c1-13-11-14(2)25-21(24-13)29-18-9-7-17(8-10-18)26-19(27)12-23-20(28)15-3-5-16(22)6-4-15/h3-11H,12H2,1-2H3,(H,23,28)(H,26,27). The second-order valence-corrected chi connectivity index (χ2v) is 6.73. The van der Waals surface area contributed by atoms with Crippen LogP contribution in [0.5, 0.6) is 11.8 Å². The molecule has 2 amide bonds. The highest BCUT2D eigenvalue weighted by Gasteiger charge is 2.09. The van der Waals surface area contributed by atoms with Crippen LogP contribution in [0.2, 0.25) is 5.02 Å². The van der Waals surface area contributed by atoms with Crippen molar-refractivity contribution in [2.75, 3.05) is 11.9 Å². The van der Waals surface area contributed by atoms with E-state index in [1.165, 1.54) is 0 Å². The van der Waals surface area contributed by atoms with Crippen molar-refractivity contribution in [1.82, 2.24) is 15.3 Å². The van der Waals surface area contributed by atoms with Crippen molar-refractivity contribution in [1.29, 1.82) is 0 Å². The molecular weight excluding hydrogens is 392 g/mol. The Hall–Kier alpha value is -3.45. The van der Waals surface area contributed by atoms with E-state index in [1.54, 1.807) is 48.5 Å². The third kappa shape index (κ3) is 6.02. The van der Waals surface area contributed by atoms with Gasteiger partial charge in [0.25, 0.3) is 5.91 Å². The molecule has 1 heterocycles. The molecule has 0 aliphatic heterocycles. The lowest BCUT2D eigenvalue weighted by atomic mass is 10.2. The Labute approximate surface area is 173 Å².